The molecule has 2 rings (SSSR count). The van der Waals surface area contributed by atoms with Crippen LogP contribution in [0.4, 0.5) is 0 Å². The highest BCUT2D eigenvalue weighted by molar-refractivity contribution is 5.94. The topological polar surface area (TPSA) is 49.4 Å². The molecule has 3 unspecified atom stereocenters. The first-order valence-electron chi connectivity index (χ1n) is 7.52. The highest BCUT2D eigenvalue weighted by Crippen LogP contribution is 2.41. The number of nitrogens with one attached hydrogen (secondary N) is 1. The molecule has 0 aromatic carbocycles. The van der Waals surface area contributed by atoms with E-state index in [1.54, 1.807) is 0 Å². The molecule has 1 aliphatic heterocycles. The van der Waals surface area contributed by atoms with Crippen LogP contribution in [0.15, 0.2) is 0 Å². The van der Waals surface area contributed by atoms with Crippen molar-refractivity contribution >= 4 is 11.8 Å². The van der Waals surface area contributed by atoms with Crippen molar-refractivity contribution in [2.75, 3.05) is 6.54 Å². The molecule has 0 radical (unpaired) electrons. The molecule has 0 spiro atoms. The standard InChI is InChI=1S/C15H26N2O2/c1-5-10(2)11(3)17-9-8-13(18)16-15(4,14(17)19)12-6-7-12/h10-12H,5-9H2,1-4H3,(H,16,18). The zero-order chi connectivity index (χ0) is 14.2. The van der Waals surface area contributed by atoms with E-state index in [2.05, 4.69) is 26.1 Å². The second-order valence-corrected chi connectivity index (χ2v) is 6.40. The summed E-state index contributed by atoms with van der Waals surface area (Å²) in [6.45, 7) is 8.89. The lowest BCUT2D eigenvalue weighted by Gasteiger charge is -2.37. The number of amides is 2. The number of carbonyl (C=O) groups is 2. The van der Waals surface area contributed by atoms with Crippen LogP contribution in [0.5, 0.6) is 0 Å². The van der Waals surface area contributed by atoms with E-state index >= 15 is 0 Å². The van der Waals surface area contributed by atoms with Crippen LogP contribution in [0.25, 0.3) is 0 Å². The van der Waals surface area contributed by atoms with E-state index in [0.717, 1.165) is 19.3 Å². The molecular formula is C15H26N2O2. The zero-order valence-electron chi connectivity index (χ0n) is 12.5. The average Bonchev–Trinajstić information content (AvgIpc) is 3.20. The molecule has 3 atom stereocenters. The van der Waals surface area contributed by atoms with E-state index in [0.29, 0.717) is 24.8 Å². The number of nitrogens with zero attached hydrogens (tertiary/aromatic N) is 1. The monoisotopic (exact) mass is 266 g/mol. The minimum Gasteiger partial charge on any atom is -0.342 e. The summed E-state index contributed by atoms with van der Waals surface area (Å²) < 4.78 is 0. The third-order valence-electron chi connectivity index (χ3n) is 5.04. The fourth-order valence-corrected chi connectivity index (χ4v) is 3.00. The second kappa shape index (κ2) is 5.14. The minimum atomic E-state index is -0.671. The Kier molecular flexibility index (Phi) is 3.88. The van der Waals surface area contributed by atoms with Crippen LogP contribution < -0.4 is 5.32 Å². The molecule has 4 heteroatoms. The largest absolute Gasteiger partial charge is 0.342 e. The van der Waals surface area contributed by atoms with Gasteiger partial charge in [0.2, 0.25) is 11.8 Å². The third-order valence-corrected chi connectivity index (χ3v) is 5.04. The van der Waals surface area contributed by atoms with Crippen molar-refractivity contribution in [3.8, 4) is 0 Å². The lowest BCUT2D eigenvalue weighted by molar-refractivity contribution is -0.141. The molecule has 4 nitrogen and oxygen atoms in total. The predicted molar refractivity (Wildman–Crippen MR) is 74.5 cm³/mol. The van der Waals surface area contributed by atoms with Gasteiger partial charge in [0.1, 0.15) is 5.54 Å². The molecule has 1 saturated heterocycles. The van der Waals surface area contributed by atoms with Gasteiger partial charge < -0.3 is 10.2 Å². The second-order valence-electron chi connectivity index (χ2n) is 6.40. The maximum atomic E-state index is 12.9. The Morgan fingerprint density at radius 3 is 2.53 bits per heavy atom. The zero-order valence-corrected chi connectivity index (χ0v) is 12.5. The van der Waals surface area contributed by atoms with E-state index in [1.165, 1.54) is 0 Å². The quantitative estimate of drug-likeness (QED) is 0.845. The fourth-order valence-electron chi connectivity index (χ4n) is 3.00. The normalized spacial score (nSPS) is 31.7. The summed E-state index contributed by atoms with van der Waals surface area (Å²) in [5.41, 5.74) is -0.671. The molecule has 2 aliphatic rings. The average molecular weight is 266 g/mol. The highest BCUT2D eigenvalue weighted by Gasteiger charge is 2.51. The maximum absolute atomic E-state index is 12.9. The van der Waals surface area contributed by atoms with Crippen LogP contribution in [-0.4, -0.2) is 34.8 Å². The number of hydrogen-bond donors (Lipinski definition) is 1. The molecule has 0 aromatic rings. The summed E-state index contributed by atoms with van der Waals surface area (Å²) in [6, 6.07) is 0.197. The Bertz CT molecular complexity index is 378. The van der Waals surface area contributed by atoms with Crippen molar-refractivity contribution in [3.05, 3.63) is 0 Å². The van der Waals surface area contributed by atoms with Crippen LogP contribution in [0, 0.1) is 11.8 Å². The maximum Gasteiger partial charge on any atom is 0.248 e. The van der Waals surface area contributed by atoms with E-state index in [1.807, 2.05) is 11.8 Å². The van der Waals surface area contributed by atoms with Gasteiger partial charge in [-0.25, -0.2) is 0 Å². The molecule has 0 aromatic heterocycles. The van der Waals surface area contributed by atoms with Crippen LogP contribution in [0.1, 0.15) is 53.4 Å². The number of rotatable bonds is 4. The van der Waals surface area contributed by atoms with Gasteiger partial charge in [-0.15, -0.1) is 0 Å². The molecule has 2 fully saturated rings. The third kappa shape index (κ3) is 2.63. The van der Waals surface area contributed by atoms with E-state index in [4.69, 9.17) is 0 Å². The summed E-state index contributed by atoms with van der Waals surface area (Å²) in [4.78, 5) is 26.7. The molecule has 19 heavy (non-hydrogen) atoms. The van der Waals surface area contributed by atoms with E-state index < -0.39 is 5.54 Å². The van der Waals surface area contributed by atoms with Gasteiger partial charge in [-0.2, -0.15) is 0 Å². The van der Waals surface area contributed by atoms with Gasteiger partial charge in [0.15, 0.2) is 0 Å². The SMILES string of the molecule is CCC(C)C(C)N1CCC(=O)NC(C)(C2CC2)C1=O. The predicted octanol–water partition coefficient (Wildman–Crippen LogP) is 1.94. The van der Waals surface area contributed by atoms with Crippen LogP contribution >= 0.6 is 0 Å². The first-order valence-corrected chi connectivity index (χ1v) is 7.52. The van der Waals surface area contributed by atoms with Crippen molar-refractivity contribution in [3.63, 3.8) is 0 Å². The van der Waals surface area contributed by atoms with Crippen molar-refractivity contribution in [2.24, 2.45) is 11.8 Å². The molecule has 1 heterocycles. The Balaban J connectivity index is 2.23. The van der Waals surface area contributed by atoms with E-state index in [9.17, 15) is 9.59 Å². The fraction of sp³-hybridized carbons (Fsp3) is 0.867. The van der Waals surface area contributed by atoms with Gasteiger partial charge >= 0.3 is 0 Å². The summed E-state index contributed by atoms with van der Waals surface area (Å²) >= 11 is 0. The molecule has 108 valence electrons. The Labute approximate surface area is 115 Å². The molecule has 1 saturated carbocycles. The van der Waals surface area contributed by atoms with Crippen LogP contribution in [0.3, 0.4) is 0 Å². The van der Waals surface area contributed by atoms with Gasteiger partial charge in [0.25, 0.3) is 0 Å². The Morgan fingerprint density at radius 1 is 1.37 bits per heavy atom. The van der Waals surface area contributed by atoms with Gasteiger partial charge in [0.05, 0.1) is 0 Å². The summed E-state index contributed by atoms with van der Waals surface area (Å²) in [5, 5.41) is 2.98. The molecular weight excluding hydrogens is 240 g/mol. The highest BCUT2D eigenvalue weighted by atomic mass is 16.2. The minimum absolute atomic E-state index is 0.0154. The number of hydrogen-bond acceptors (Lipinski definition) is 2. The lowest BCUT2D eigenvalue weighted by Crippen LogP contribution is -2.58. The van der Waals surface area contributed by atoms with Gasteiger partial charge in [-0.3, -0.25) is 9.59 Å². The van der Waals surface area contributed by atoms with Crippen molar-refractivity contribution in [2.45, 2.75) is 65.0 Å². The Morgan fingerprint density at radius 2 is 2.00 bits per heavy atom. The van der Waals surface area contributed by atoms with E-state index in [-0.39, 0.29) is 17.9 Å². The molecule has 2 amide bonds. The Hall–Kier alpha value is -1.06. The number of carbonyl (C=O) groups excluding carboxylic acids is 2. The smallest absolute Gasteiger partial charge is 0.248 e. The summed E-state index contributed by atoms with van der Waals surface area (Å²) in [6.07, 6.45) is 3.57. The lowest BCUT2D eigenvalue weighted by atomic mass is 9.91. The van der Waals surface area contributed by atoms with Crippen molar-refractivity contribution in [1.82, 2.24) is 10.2 Å². The van der Waals surface area contributed by atoms with Crippen LogP contribution in [0.2, 0.25) is 0 Å². The van der Waals surface area contributed by atoms with Gasteiger partial charge in [-0.1, -0.05) is 20.3 Å². The van der Waals surface area contributed by atoms with Gasteiger partial charge in [-0.05, 0) is 38.5 Å². The summed E-state index contributed by atoms with van der Waals surface area (Å²) in [7, 11) is 0. The first kappa shape index (κ1) is 14.4. The summed E-state index contributed by atoms with van der Waals surface area (Å²) in [5.74, 6) is 0.921. The molecule has 0 bridgehead atoms. The van der Waals surface area contributed by atoms with Crippen molar-refractivity contribution in [1.29, 1.82) is 0 Å². The molecule has 1 aliphatic carbocycles. The first-order chi connectivity index (χ1) is 8.90. The van der Waals surface area contributed by atoms with Gasteiger partial charge in [0, 0.05) is 19.0 Å². The van der Waals surface area contributed by atoms with Crippen molar-refractivity contribution < 1.29 is 9.59 Å². The van der Waals surface area contributed by atoms with Crippen LogP contribution in [-0.2, 0) is 9.59 Å². The molecule has 1 N–H and O–H groups in total.